The molecule has 0 aromatic heterocycles. The van der Waals surface area contributed by atoms with Gasteiger partial charge in [-0.25, -0.2) is 8.78 Å². The lowest BCUT2D eigenvalue weighted by Gasteiger charge is -2.22. The van der Waals surface area contributed by atoms with Crippen LogP contribution < -0.4 is 0 Å². The van der Waals surface area contributed by atoms with Crippen molar-refractivity contribution in [1.82, 2.24) is 9.80 Å². The molecule has 2 aromatic carbocycles. The van der Waals surface area contributed by atoms with Gasteiger partial charge in [-0.15, -0.1) is 0 Å². The number of carbonyl (C=O) groups is 1. The molecule has 1 fully saturated rings. The molecule has 126 valence electrons. The van der Waals surface area contributed by atoms with Crippen LogP contribution in [-0.2, 0) is 6.54 Å². The van der Waals surface area contributed by atoms with E-state index in [-0.39, 0.29) is 11.5 Å². The molecule has 1 aliphatic rings. The van der Waals surface area contributed by atoms with Gasteiger partial charge >= 0.3 is 0 Å². The Morgan fingerprint density at radius 3 is 2.33 bits per heavy atom. The quantitative estimate of drug-likeness (QED) is 0.862. The van der Waals surface area contributed by atoms with Gasteiger partial charge in [0.25, 0.3) is 5.91 Å². The molecule has 0 bridgehead atoms. The van der Waals surface area contributed by atoms with Crippen LogP contribution in [0.5, 0.6) is 0 Å². The number of rotatable bonds is 3. The topological polar surface area (TPSA) is 23.6 Å². The van der Waals surface area contributed by atoms with E-state index in [1.165, 1.54) is 5.56 Å². The lowest BCUT2D eigenvalue weighted by atomic mass is 10.2. The molecular weight excluding hydrogens is 310 g/mol. The van der Waals surface area contributed by atoms with Crippen LogP contribution in [-0.4, -0.2) is 41.9 Å². The third kappa shape index (κ3) is 4.17. The number of amides is 1. The van der Waals surface area contributed by atoms with E-state index in [0.717, 1.165) is 44.3 Å². The summed E-state index contributed by atoms with van der Waals surface area (Å²) in [7, 11) is 0. The van der Waals surface area contributed by atoms with Crippen LogP contribution in [0.25, 0.3) is 0 Å². The van der Waals surface area contributed by atoms with Crippen molar-refractivity contribution >= 4 is 5.91 Å². The van der Waals surface area contributed by atoms with Gasteiger partial charge in [-0.05, 0) is 24.1 Å². The van der Waals surface area contributed by atoms with Crippen LogP contribution >= 0.6 is 0 Å². The Morgan fingerprint density at radius 2 is 1.62 bits per heavy atom. The zero-order valence-corrected chi connectivity index (χ0v) is 13.4. The largest absolute Gasteiger partial charge is 0.337 e. The summed E-state index contributed by atoms with van der Waals surface area (Å²) < 4.78 is 26.6. The Kier molecular flexibility index (Phi) is 5.20. The van der Waals surface area contributed by atoms with Crippen LogP contribution in [0, 0.1) is 11.6 Å². The summed E-state index contributed by atoms with van der Waals surface area (Å²) in [6, 6.07) is 13.2. The zero-order chi connectivity index (χ0) is 16.9. The second-order valence-corrected chi connectivity index (χ2v) is 6.07. The summed E-state index contributed by atoms with van der Waals surface area (Å²) in [6.45, 7) is 3.65. The van der Waals surface area contributed by atoms with Crippen molar-refractivity contribution in [1.29, 1.82) is 0 Å². The minimum atomic E-state index is -0.723. The van der Waals surface area contributed by atoms with Crippen LogP contribution in [0.1, 0.15) is 22.3 Å². The Bertz CT molecular complexity index is 686. The van der Waals surface area contributed by atoms with Crippen LogP contribution in [0.3, 0.4) is 0 Å². The van der Waals surface area contributed by atoms with Crippen molar-refractivity contribution in [2.24, 2.45) is 0 Å². The average molecular weight is 330 g/mol. The Labute approximate surface area is 140 Å². The maximum absolute atomic E-state index is 13.3. The van der Waals surface area contributed by atoms with Crippen molar-refractivity contribution in [2.75, 3.05) is 26.2 Å². The van der Waals surface area contributed by atoms with Crippen molar-refractivity contribution in [3.63, 3.8) is 0 Å². The van der Waals surface area contributed by atoms with Crippen LogP contribution in [0.4, 0.5) is 8.78 Å². The van der Waals surface area contributed by atoms with Crippen molar-refractivity contribution in [3.8, 4) is 0 Å². The second-order valence-electron chi connectivity index (χ2n) is 6.07. The van der Waals surface area contributed by atoms with E-state index in [9.17, 15) is 13.6 Å². The van der Waals surface area contributed by atoms with E-state index in [1.807, 2.05) is 18.2 Å². The Hall–Kier alpha value is -2.27. The van der Waals surface area contributed by atoms with E-state index < -0.39 is 11.6 Å². The maximum atomic E-state index is 13.3. The molecule has 0 N–H and O–H groups in total. The third-order valence-electron chi connectivity index (χ3n) is 4.23. The molecule has 0 spiro atoms. The van der Waals surface area contributed by atoms with Gasteiger partial charge in [-0.3, -0.25) is 9.69 Å². The molecule has 0 unspecified atom stereocenters. The van der Waals surface area contributed by atoms with Gasteiger partial charge in [0.15, 0.2) is 0 Å². The SMILES string of the molecule is O=C(c1cc(F)cc(F)c1)N1CCCN(Cc2ccccc2)CC1. The fourth-order valence-corrected chi connectivity index (χ4v) is 3.03. The molecule has 3 nitrogen and oxygen atoms in total. The Morgan fingerprint density at radius 1 is 0.917 bits per heavy atom. The van der Waals surface area contributed by atoms with E-state index in [2.05, 4.69) is 17.0 Å². The van der Waals surface area contributed by atoms with Crippen molar-refractivity contribution in [2.45, 2.75) is 13.0 Å². The average Bonchev–Trinajstić information content (AvgIpc) is 2.80. The normalized spacial score (nSPS) is 16.0. The van der Waals surface area contributed by atoms with Gasteiger partial charge in [0.05, 0.1) is 0 Å². The lowest BCUT2D eigenvalue weighted by molar-refractivity contribution is 0.0760. The van der Waals surface area contributed by atoms with Gasteiger partial charge in [-0.2, -0.15) is 0 Å². The third-order valence-corrected chi connectivity index (χ3v) is 4.23. The highest BCUT2D eigenvalue weighted by Gasteiger charge is 2.21. The highest BCUT2D eigenvalue weighted by atomic mass is 19.1. The lowest BCUT2D eigenvalue weighted by Crippen LogP contribution is -2.35. The molecule has 2 aromatic rings. The summed E-state index contributed by atoms with van der Waals surface area (Å²) in [6.07, 6.45) is 0.844. The van der Waals surface area contributed by atoms with Gasteiger partial charge in [0.2, 0.25) is 0 Å². The standard InChI is InChI=1S/C19H20F2N2O/c20-17-11-16(12-18(21)13-17)19(24)23-8-4-7-22(9-10-23)14-15-5-2-1-3-6-15/h1-3,5-6,11-13H,4,7-10,14H2. The molecule has 1 aliphatic heterocycles. The number of benzene rings is 2. The second kappa shape index (κ2) is 7.53. The predicted octanol–water partition coefficient (Wildman–Crippen LogP) is 3.31. The number of carbonyl (C=O) groups excluding carboxylic acids is 1. The summed E-state index contributed by atoms with van der Waals surface area (Å²) in [5.74, 6) is -1.76. The molecule has 1 amide bonds. The van der Waals surface area contributed by atoms with Crippen molar-refractivity contribution < 1.29 is 13.6 Å². The highest BCUT2D eigenvalue weighted by Crippen LogP contribution is 2.14. The molecule has 24 heavy (non-hydrogen) atoms. The summed E-state index contributed by atoms with van der Waals surface area (Å²) in [4.78, 5) is 16.5. The highest BCUT2D eigenvalue weighted by molar-refractivity contribution is 5.94. The monoisotopic (exact) mass is 330 g/mol. The predicted molar refractivity (Wildman–Crippen MR) is 88.6 cm³/mol. The first kappa shape index (κ1) is 16.6. The molecule has 0 radical (unpaired) electrons. The van der Waals surface area contributed by atoms with E-state index in [4.69, 9.17) is 0 Å². The fraction of sp³-hybridized carbons (Fsp3) is 0.316. The van der Waals surface area contributed by atoms with E-state index in [0.29, 0.717) is 13.1 Å². The van der Waals surface area contributed by atoms with Crippen LogP contribution in [0.15, 0.2) is 48.5 Å². The summed E-state index contributed by atoms with van der Waals surface area (Å²) >= 11 is 0. The van der Waals surface area contributed by atoms with Crippen molar-refractivity contribution in [3.05, 3.63) is 71.3 Å². The van der Waals surface area contributed by atoms with Gasteiger partial charge in [-0.1, -0.05) is 30.3 Å². The molecule has 3 rings (SSSR count). The first-order valence-electron chi connectivity index (χ1n) is 8.13. The summed E-state index contributed by atoms with van der Waals surface area (Å²) in [5.41, 5.74) is 1.31. The van der Waals surface area contributed by atoms with Crippen LogP contribution in [0.2, 0.25) is 0 Å². The fourth-order valence-electron chi connectivity index (χ4n) is 3.03. The number of nitrogens with zero attached hydrogens (tertiary/aromatic N) is 2. The summed E-state index contributed by atoms with van der Waals surface area (Å²) in [5, 5.41) is 0. The molecular formula is C19H20F2N2O. The van der Waals surface area contributed by atoms with Gasteiger partial charge < -0.3 is 4.90 Å². The molecule has 5 heteroatoms. The zero-order valence-electron chi connectivity index (χ0n) is 13.4. The number of hydrogen-bond donors (Lipinski definition) is 0. The first-order chi connectivity index (χ1) is 11.6. The molecule has 0 atom stereocenters. The molecule has 0 saturated carbocycles. The first-order valence-corrected chi connectivity index (χ1v) is 8.13. The number of halogens is 2. The minimum Gasteiger partial charge on any atom is -0.337 e. The van der Waals surface area contributed by atoms with E-state index in [1.54, 1.807) is 4.90 Å². The maximum Gasteiger partial charge on any atom is 0.254 e. The smallest absolute Gasteiger partial charge is 0.254 e. The molecule has 1 saturated heterocycles. The van der Waals surface area contributed by atoms with Gasteiger partial charge in [0, 0.05) is 44.4 Å². The Balaban J connectivity index is 1.63. The molecule has 1 heterocycles. The van der Waals surface area contributed by atoms with Gasteiger partial charge in [0.1, 0.15) is 11.6 Å². The number of hydrogen-bond acceptors (Lipinski definition) is 2. The van der Waals surface area contributed by atoms with E-state index >= 15 is 0 Å². The molecule has 0 aliphatic carbocycles. The minimum absolute atomic E-state index is 0.0732.